The highest BCUT2D eigenvalue weighted by atomic mass is 16.6. The van der Waals surface area contributed by atoms with Crippen LogP contribution in [0.4, 0.5) is 0 Å². The first-order valence-corrected chi connectivity index (χ1v) is 5.25. The minimum absolute atomic E-state index is 0.130. The van der Waals surface area contributed by atoms with E-state index in [-0.39, 0.29) is 12.0 Å². The van der Waals surface area contributed by atoms with Gasteiger partial charge in [0.05, 0.1) is 11.1 Å². The number of hydrogen-bond donors (Lipinski definition) is 2. The van der Waals surface area contributed by atoms with Crippen molar-refractivity contribution in [3.8, 4) is 0 Å². The number of piperidine rings is 1. The van der Waals surface area contributed by atoms with E-state index in [0.29, 0.717) is 0 Å². The van der Waals surface area contributed by atoms with E-state index in [0.717, 1.165) is 32.1 Å². The maximum absolute atomic E-state index is 10.2. The number of nitrogens with zero attached hydrogens (tertiary/aromatic N) is 2. The zero-order valence-electron chi connectivity index (χ0n) is 8.98. The Bertz CT molecular complexity index is 254. The van der Waals surface area contributed by atoms with Crippen LogP contribution >= 0.6 is 0 Å². The molecule has 1 rings (SSSR count). The molecule has 0 saturated carbocycles. The molecule has 6 nitrogen and oxygen atoms in total. The molecule has 1 atom stereocenters. The molecular formula is C9H18N4O2. The van der Waals surface area contributed by atoms with Gasteiger partial charge in [-0.25, -0.2) is 0 Å². The first kappa shape index (κ1) is 11.8. The van der Waals surface area contributed by atoms with Crippen molar-refractivity contribution in [1.82, 2.24) is 10.2 Å². The standard InChI is InChI=1S/C9H18N4O2/c1-2-12-6-4-3-5-9(12)11-8(10)7-13(14)15/h7,9,11H,2-6,10H2,1H3. The third-order valence-corrected chi connectivity index (χ3v) is 2.60. The van der Waals surface area contributed by atoms with Gasteiger partial charge in [0, 0.05) is 6.54 Å². The average molecular weight is 214 g/mol. The van der Waals surface area contributed by atoms with Crippen molar-refractivity contribution in [2.45, 2.75) is 32.4 Å². The average Bonchev–Trinajstić information content (AvgIpc) is 2.17. The molecule has 1 fully saturated rings. The zero-order chi connectivity index (χ0) is 11.3. The highest BCUT2D eigenvalue weighted by Gasteiger charge is 2.21. The number of hydrogen-bond acceptors (Lipinski definition) is 5. The van der Waals surface area contributed by atoms with E-state index in [9.17, 15) is 10.1 Å². The van der Waals surface area contributed by atoms with Crippen molar-refractivity contribution < 1.29 is 4.92 Å². The van der Waals surface area contributed by atoms with Crippen molar-refractivity contribution in [3.05, 3.63) is 22.1 Å². The largest absolute Gasteiger partial charge is 0.380 e. The van der Waals surface area contributed by atoms with Gasteiger partial charge in [0.25, 0.3) is 6.20 Å². The third kappa shape index (κ3) is 3.75. The van der Waals surface area contributed by atoms with E-state index in [1.54, 1.807) is 0 Å². The highest BCUT2D eigenvalue weighted by Crippen LogP contribution is 2.14. The molecule has 86 valence electrons. The number of nitrogens with two attached hydrogens (primary N) is 1. The Morgan fingerprint density at radius 2 is 2.47 bits per heavy atom. The van der Waals surface area contributed by atoms with E-state index in [4.69, 9.17) is 5.73 Å². The van der Waals surface area contributed by atoms with Gasteiger partial charge in [0.1, 0.15) is 0 Å². The molecule has 15 heavy (non-hydrogen) atoms. The second-order valence-electron chi connectivity index (χ2n) is 3.65. The lowest BCUT2D eigenvalue weighted by atomic mass is 10.1. The summed E-state index contributed by atoms with van der Waals surface area (Å²) in [6, 6.07) is 0. The molecule has 1 heterocycles. The lowest BCUT2D eigenvalue weighted by Crippen LogP contribution is -2.49. The Hall–Kier alpha value is -1.30. The van der Waals surface area contributed by atoms with Crippen molar-refractivity contribution in [2.24, 2.45) is 5.73 Å². The van der Waals surface area contributed by atoms with Crippen LogP contribution in [0.1, 0.15) is 26.2 Å². The zero-order valence-corrected chi connectivity index (χ0v) is 8.98. The van der Waals surface area contributed by atoms with Crippen LogP contribution in [0.15, 0.2) is 12.0 Å². The molecule has 6 heteroatoms. The van der Waals surface area contributed by atoms with Gasteiger partial charge in [-0.15, -0.1) is 0 Å². The summed E-state index contributed by atoms with van der Waals surface area (Å²) in [6.45, 7) is 4.04. The second-order valence-corrected chi connectivity index (χ2v) is 3.65. The molecule has 0 radical (unpaired) electrons. The SMILES string of the molecule is CCN1CCCCC1NC(N)=C[N+](=O)[O-]. The number of nitro groups is 1. The van der Waals surface area contributed by atoms with Crippen molar-refractivity contribution >= 4 is 0 Å². The summed E-state index contributed by atoms with van der Waals surface area (Å²) in [7, 11) is 0. The summed E-state index contributed by atoms with van der Waals surface area (Å²) >= 11 is 0. The summed E-state index contributed by atoms with van der Waals surface area (Å²) in [6.07, 6.45) is 4.26. The van der Waals surface area contributed by atoms with E-state index >= 15 is 0 Å². The van der Waals surface area contributed by atoms with Gasteiger partial charge in [-0.05, 0) is 25.8 Å². The molecule has 0 spiro atoms. The van der Waals surface area contributed by atoms with Gasteiger partial charge < -0.3 is 11.1 Å². The van der Waals surface area contributed by atoms with Gasteiger partial charge in [-0.1, -0.05) is 6.92 Å². The first-order valence-electron chi connectivity index (χ1n) is 5.25. The fourth-order valence-electron chi connectivity index (χ4n) is 1.88. The predicted molar refractivity (Wildman–Crippen MR) is 57.3 cm³/mol. The van der Waals surface area contributed by atoms with Gasteiger partial charge in [0.15, 0.2) is 5.82 Å². The minimum atomic E-state index is -0.540. The normalized spacial score (nSPS) is 23.8. The van der Waals surface area contributed by atoms with E-state index in [1.165, 1.54) is 6.42 Å². The molecule has 0 aromatic rings. The lowest BCUT2D eigenvalue weighted by molar-refractivity contribution is -0.403. The molecule has 0 amide bonds. The van der Waals surface area contributed by atoms with Crippen molar-refractivity contribution in [1.29, 1.82) is 0 Å². The van der Waals surface area contributed by atoms with E-state index in [1.807, 2.05) is 0 Å². The molecule has 1 unspecified atom stereocenters. The molecule has 1 aliphatic rings. The van der Waals surface area contributed by atoms with E-state index in [2.05, 4.69) is 17.1 Å². The number of rotatable bonds is 4. The van der Waals surface area contributed by atoms with Crippen LogP contribution in [0.5, 0.6) is 0 Å². The number of nitrogens with one attached hydrogen (secondary N) is 1. The van der Waals surface area contributed by atoms with Gasteiger partial charge in [-0.2, -0.15) is 0 Å². The van der Waals surface area contributed by atoms with Crippen LogP contribution in [-0.4, -0.2) is 29.1 Å². The third-order valence-electron chi connectivity index (χ3n) is 2.60. The Balaban J connectivity index is 2.51. The predicted octanol–water partition coefficient (Wildman–Crippen LogP) is 0.442. The summed E-state index contributed by atoms with van der Waals surface area (Å²) in [5, 5.41) is 13.2. The lowest BCUT2D eigenvalue weighted by Gasteiger charge is -2.35. The van der Waals surface area contributed by atoms with Crippen LogP contribution in [-0.2, 0) is 0 Å². The molecule has 0 aliphatic carbocycles. The minimum Gasteiger partial charge on any atom is -0.380 e. The summed E-state index contributed by atoms with van der Waals surface area (Å²) in [5.74, 6) is 0.130. The van der Waals surface area contributed by atoms with Crippen LogP contribution in [0.2, 0.25) is 0 Å². The Kier molecular flexibility index (Phi) is 4.36. The molecule has 3 N–H and O–H groups in total. The maximum atomic E-state index is 10.2. The highest BCUT2D eigenvalue weighted by molar-refractivity contribution is 4.91. The smallest absolute Gasteiger partial charge is 0.273 e. The van der Waals surface area contributed by atoms with Crippen LogP contribution in [0, 0.1) is 10.1 Å². The van der Waals surface area contributed by atoms with Crippen molar-refractivity contribution in [2.75, 3.05) is 13.1 Å². The molecule has 1 saturated heterocycles. The van der Waals surface area contributed by atoms with Gasteiger partial charge in [0.2, 0.25) is 0 Å². The Morgan fingerprint density at radius 1 is 1.73 bits per heavy atom. The first-order chi connectivity index (χ1) is 7.13. The van der Waals surface area contributed by atoms with Gasteiger partial charge >= 0.3 is 0 Å². The van der Waals surface area contributed by atoms with Gasteiger partial charge in [-0.3, -0.25) is 15.0 Å². The molecule has 0 aromatic carbocycles. The molecular weight excluding hydrogens is 196 g/mol. The number of likely N-dealkylation sites (tertiary alicyclic amines) is 1. The molecule has 0 aromatic heterocycles. The Morgan fingerprint density at radius 3 is 3.07 bits per heavy atom. The molecule has 0 bridgehead atoms. The summed E-state index contributed by atoms with van der Waals surface area (Å²) in [4.78, 5) is 11.9. The van der Waals surface area contributed by atoms with E-state index < -0.39 is 4.92 Å². The van der Waals surface area contributed by atoms with Crippen LogP contribution < -0.4 is 11.1 Å². The van der Waals surface area contributed by atoms with Crippen LogP contribution in [0.25, 0.3) is 0 Å². The fourth-order valence-corrected chi connectivity index (χ4v) is 1.88. The van der Waals surface area contributed by atoms with Crippen LogP contribution in [0.3, 0.4) is 0 Å². The topological polar surface area (TPSA) is 84.4 Å². The van der Waals surface area contributed by atoms with Crippen molar-refractivity contribution in [3.63, 3.8) is 0 Å². The maximum Gasteiger partial charge on any atom is 0.273 e. The molecule has 1 aliphatic heterocycles. The fraction of sp³-hybridized carbons (Fsp3) is 0.778. The summed E-state index contributed by atoms with van der Waals surface area (Å²) in [5.41, 5.74) is 5.50. The Labute approximate surface area is 89.3 Å². The summed E-state index contributed by atoms with van der Waals surface area (Å²) < 4.78 is 0. The quantitative estimate of drug-likeness (QED) is 0.524. The second kappa shape index (κ2) is 5.55. The monoisotopic (exact) mass is 214 g/mol.